The van der Waals surface area contributed by atoms with Gasteiger partial charge in [-0.25, -0.2) is 0 Å². The molecule has 29 heavy (non-hydrogen) atoms. The topological polar surface area (TPSA) is 42.0 Å². The van der Waals surface area contributed by atoms with E-state index >= 15 is 0 Å². The maximum Gasteiger partial charge on any atom is 0.390 e. The first-order chi connectivity index (χ1) is 13.7. The summed E-state index contributed by atoms with van der Waals surface area (Å²) < 4.78 is 68.6. The van der Waals surface area contributed by atoms with Gasteiger partial charge in [-0.1, -0.05) is 48.5 Å². The third-order valence-electron chi connectivity index (χ3n) is 4.41. The Balaban J connectivity index is 2.25. The van der Waals surface area contributed by atoms with Crippen molar-refractivity contribution in [3.05, 3.63) is 95.8 Å². The molecule has 0 aliphatic carbocycles. The Labute approximate surface area is 163 Å². The average Bonchev–Trinajstić information content (AvgIpc) is 2.66. The third kappa shape index (κ3) is 4.59. The Bertz CT molecular complexity index is 973. The van der Waals surface area contributed by atoms with Gasteiger partial charge >= 0.3 is 6.18 Å². The fourth-order valence-corrected chi connectivity index (χ4v) is 3.21. The number of benzene rings is 2. The van der Waals surface area contributed by atoms with Crippen LogP contribution in [0.15, 0.2) is 72.8 Å². The summed E-state index contributed by atoms with van der Waals surface area (Å²) in [7, 11) is 0. The third-order valence-corrected chi connectivity index (χ3v) is 4.41. The summed E-state index contributed by atoms with van der Waals surface area (Å²) in [6.07, 6.45) is -6.48. The van der Waals surface area contributed by atoms with Crippen molar-refractivity contribution in [2.75, 3.05) is 5.32 Å². The number of para-hydroxylation sites is 1. The molecule has 8 heteroatoms. The minimum Gasteiger partial charge on any atom is -0.325 e. The summed E-state index contributed by atoms with van der Waals surface area (Å²) in [6, 6.07) is 16.2. The minimum absolute atomic E-state index is 0.0595. The lowest BCUT2D eigenvalue weighted by atomic mass is 9.71. The Morgan fingerprint density at radius 1 is 0.828 bits per heavy atom. The van der Waals surface area contributed by atoms with Crippen molar-refractivity contribution in [3.63, 3.8) is 0 Å². The van der Waals surface area contributed by atoms with E-state index in [0.717, 1.165) is 0 Å². The average molecular weight is 406 g/mol. The Morgan fingerprint density at radius 2 is 1.34 bits per heavy atom. The highest BCUT2D eigenvalue weighted by Crippen LogP contribution is 2.43. The van der Waals surface area contributed by atoms with E-state index in [2.05, 4.69) is 10.3 Å². The van der Waals surface area contributed by atoms with Gasteiger partial charge in [0.1, 0.15) is 5.41 Å². The zero-order valence-corrected chi connectivity index (χ0v) is 14.9. The number of amides is 1. The number of halogens is 5. The molecule has 1 heterocycles. The lowest BCUT2D eigenvalue weighted by Crippen LogP contribution is -2.45. The normalized spacial score (nSPS) is 13.6. The van der Waals surface area contributed by atoms with Gasteiger partial charge in [-0.3, -0.25) is 4.79 Å². The van der Waals surface area contributed by atoms with E-state index in [4.69, 9.17) is 0 Å². The van der Waals surface area contributed by atoms with Crippen molar-refractivity contribution >= 4 is 11.6 Å². The molecule has 1 atom stereocenters. The summed E-state index contributed by atoms with van der Waals surface area (Å²) in [4.78, 5) is 16.2. The van der Waals surface area contributed by atoms with Crippen molar-refractivity contribution in [1.82, 2.24) is 4.98 Å². The zero-order chi connectivity index (χ0) is 21.1. The van der Waals surface area contributed by atoms with Gasteiger partial charge in [0.05, 0.1) is 6.42 Å². The predicted octanol–water partition coefficient (Wildman–Crippen LogP) is 5.24. The second kappa shape index (κ2) is 7.98. The number of nitrogens with zero attached hydrogens (tertiary/aromatic N) is 1. The van der Waals surface area contributed by atoms with Crippen molar-refractivity contribution in [3.8, 4) is 0 Å². The second-order valence-corrected chi connectivity index (χ2v) is 6.38. The molecule has 2 aromatic carbocycles. The van der Waals surface area contributed by atoms with Gasteiger partial charge in [-0.05, 0) is 35.4 Å². The van der Waals surface area contributed by atoms with E-state index in [1.165, 1.54) is 36.4 Å². The molecule has 1 aromatic heterocycles. The number of hydrogen-bond donors (Lipinski definition) is 1. The molecule has 0 saturated heterocycles. The van der Waals surface area contributed by atoms with Crippen molar-refractivity contribution < 1.29 is 26.7 Å². The van der Waals surface area contributed by atoms with Gasteiger partial charge in [0.25, 0.3) is 0 Å². The molecule has 1 amide bonds. The van der Waals surface area contributed by atoms with E-state index in [0.29, 0.717) is 12.1 Å². The van der Waals surface area contributed by atoms with Crippen LogP contribution in [0.1, 0.15) is 17.5 Å². The molecule has 0 radical (unpaired) electrons. The van der Waals surface area contributed by atoms with Crippen LogP contribution in [0.25, 0.3) is 0 Å². The van der Waals surface area contributed by atoms with Crippen LogP contribution in [0, 0.1) is 11.9 Å². The van der Waals surface area contributed by atoms with E-state index in [1.807, 2.05) is 0 Å². The highest BCUT2D eigenvalue weighted by molar-refractivity contribution is 6.02. The number of rotatable bonds is 5. The number of carbonyl (C=O) groups is 1. The van der Waals surface area contributed by atoms with Crippen LogP contribution in [-0.2, 0) is 10.2 Å². The smallest absolute Gasteiger partial charge is 0.325 e. The zero-order valence-electron chi connectivity index (χ0n) is 14.9. The molecule has 0 aliphatic rings. The predicted molar refractivity (Wildman–Crippen MR) is 97.1 cm³/mol. The summed E-state index contributed by atoms with van der Waals surface area (Å²) in [5.41, 5.74) is -2.73. The van der Waals surface area contributed by atoms with Crippen LogP contribution in [-0.4, -0.2) is 17.1 Å². The van der Waals surface area contributed by atoms with Crippen LogP contribution in [0.5, 0.6) is 0 Å². The molecule has 150 valence electrons. The van der Waals surface area contributed by atoms with Gasteiger partial charge in [0.2, 0.25) is 17.8 Å². The highest BCUT2D eigenvalue weighted by Gasteiger charge is 2.50. The van der Waals surface area contributed by atoms with Crippen molar-refractivity contribution in [2.45, 2.75) is 18.0 Å². The summed E-state index contributed by atoms with van der Waals surface area (Å²) in [5.74, 6) is -3.72. The largest absolute Gasteiger partial charge is 0.390 e. The van der Waals surface area contributed by atoms with Crippen LogP contribution in [0.2, 0.25) is 0 Å². The summed E-state index contributed by atoms with van der Waals surface area (Å²) in [5, 5.41) is 2.44. The van der Waals surface area contributed by atoms with Crippen LogP contribution < -0.4 is 5.32 Å². The molecular formula is C21H15F5N2O. The first kappa shape index (κ1) is 20.4. The van der Waals surface area contributed by atoms with Crippen LogP contribution in [0.4, 0.5) is 27.6 Å². The maximum absolute atomic E-state index is 13.8. The number of carbonyl (C=O) groups excluding carboxylic acids is 1. The van der Waals surface area contributed by atoms with E-state index < -0.39 is 41.4 Å². The molecule has 3 rings (SSSR count). The number of hydrogen-bond acceptors (Lipinski definition) is 2. The molecule has 1 N–H and O–H groups in total. The van der Waals surface area contributed by atoms with E-state index in [9.17, 15) is 26.7 Å². The number of aromatic nitrogens is 1. The van der Waals surface area contributed by atoms with Crippen molar-refractivity contribution in [1.29, 1.82) is 0 Å². The van der Waals surface area contributed by atoms with E-state index in [-0.39, 0.29) is 11.3 Å². The van der Waals surface area contributed by atoms with Gasteiger partial charge in [0.15, 0.2) is 0 Å². The molecule has 0 spiro atoms. The standard InChI is InChI=1S/C21H15F5N2O/c22-17-11-15(12-18(23)28-17)20(13-21(24,25)26,14-7-3-1-4-8-14)19(29)27-16-9-5-2-6-10-16/h1-12H,13H2,(H,27,29)/t20-/m0/s1. The lowest BCUT2D eigenvalue weighted by Gasteiger charge is -2.34. The monoisotopic (exact) mass is 406 g/mol. The molecule has 0 aliphatic heterocycles. The first-order valence-electron chi connectivity index (χ1n) is 8.53. The molecule has 3 aromatic rings. The van der Waals surface area contributed by atoms with Gasteiger partial charge in [0, 0.05) is 5.69 Å². The lowest BCUT2D eigenvalue weighted by molar-refractivity contribution is -0.153. The first-order valence-corrected chi connectivity index (χ1v) is 8.53. The van der Waals surface area contributed by atoms with Gasteiger partial charge in [-0.2, -0.15) is 26.9 Å². The molecule has 3 nitrogen and oxygen atoms in total. The molecule has 0 bridgehead atoms. The molecule has 0 fully saturated rings. The van der Waals surface area contributed by atoms with Crippen LogP contribution in [0.3, 0.4) is 0 Å². The quantitative estimate of drug-likeness (QED) is 0.465. The second-order valence-electron chi connectivity index (χ2n) is 6.38. The fraction of sp³-hybridized carbons (Fsp3) is 0.143. The van der Waals surface area contributed by atoms with Crippen LogP contribution >= 0.6 is 0 Å². The molecule has 0 saturated carbocycles. The molecular weight excluding hydrogens is 391 g/mol. The Hall–Kier alpha value is -3.29. The maximum atomic E-state index is 13.8. The van der Waals surface area contributed by atoms with E-state index in [1.54, 1.807) is 24.3 Å². The highest BCUT2D eigenvalue weighted by atomic mass is 19.4. The Kier molecular flexibility index (Phi) is 5.63. The number of alkyl halides is 3. The fourth-order valence-electron chi connectivity index (χ4n) is 3.21. The minimum atomic E-state index is -4.82. The summed E-state index contributed by atoms with van der Waals surface area (Å²) >= 11 is 0. The number of pyridine rings is 1. The molecule has 0 unspecified atom stereocenters. The van der Waals surface area contributed by atoms with Crippen molar-refractivity contribution in [2.24, 2.45) is 0 Å². The summed E-state index contributed by atoms with van der Waals surface area (Å²) in [6.45, 7) is 0. The SMILES string of the molecule is O=C(Nc1ccccc1)[C@@](CC(F)(F)F)(c1ccccc1)c1cc(F)nc(F)c1. The Morgan fingerprint density at radius 3 is 1.86 bits per heavy atom. The number of nitrogens with one attached hydrogen (secondary N) is 1. The van der Waals surface area contributed by atoms with Gasteiger partial charge < -0.3 is 5.32 Å². The number of anilines is 1. The van der Waals surface area contributed by atoms with Gasteiger partial charge in [-0.15, -0.1) is 0 Å².